The van der Waals surface area contributed by atoms with Gasteiger partial charge < -0.3 is 4.74 Å². The first-order valence-electron chi connectivity index (χ1n) is 4.92. The van der Waals surface area contributed by atoms with Crippen molar-refractivity contribution in [2.75, 3.05) is 7.11 Å². The lowest BCUT2D eigenvalue weighted by molar-refractivity contribution is 0.0934. The molecular formula is C12H10ClNO2. The van der Waals surface area contributed by atoms with E-state index in [0.29, 0.717) is 29.2 Å². The Kier molecular flexibility index (Phi) is 2.61. The Bertz CT molecular complexity index is 486. The zero-order chi connectivity index (χ0) is 11.8. The van der Waals surface area contributed by atoms with Gasteiger partial charge in [0.15, 0.2) is 5.78 Å². The van der Waals surface area contributed by atoms with Crippen molar-refractivity contribution in [1.29, 1.82) is 5.26 Å². The summed E-state index contributed by atoms with van der Waals surface area (Å²) in [5.74, 6) is 0.388. The SMILES string of the molecule is COc1ccc(C(=O)C2(C#N)CC2)cc1Cl. The maximum absolute atomic E-state index is 12.0. The molecule has 1 aromatic carbocycles. The van der Waals surface area contributed by atoms with Gasteiger partial charge in [-0.1, -0.05) is 11.6 Å². The smallest absolute Gasteiger partial charge is 0.183 e. The van der Waals surface area contributed by atoms with Crippen LogP contribution in [0.1, 0.15) is 23.2 Å². The van der Waals surface area contributed by atoms with E-state index in [2.05, 4.69) is 6.07 Å². The van der Waals surface area contributed by atoms with E-state index in [4.69, 9.17) is 21.6 Å². The molecule has 1 aromatic rings. The fraction of sp³-hybridized carbons (Fsp3) is 0.333. The summed E-state index contributed by atoms with van der Waals surface area (Å²) in [6, 6.07) is 6.92. The first-order valence-corrected chi connectivity index (χ1v) is 5.30. The lowest BCUT2D eigenvalue weighted by atomic mass is 9.96. The van der Waals surface area contributed by atoms with Gasteiger partial charge in [0.1, 0.15) is 11.2 Å². The summed E-state index contributed by atoms with van der Waals surface area (Å²) < 4.78 is 5.00. The molecule has 0 heterocycles. The molecule has 3 nitrogen and oxygen atoms in total. The predicted octanol–water partition coefficient (Wildman–Crippen LogP) is 2.84. The number of rotatable bonds is 3. The first kappa shape index (κ1) is 11.0. The average Bonchev–Trinajstić information content (AvgIpc) is 3.09. The number of benzene rings is 1. The fourth-order valence-electron chi connectivity index (χ4n) is 1.60. The molecule has 0 N–H and O–H groups in total. The molecule has 82 valence electrons. The highest BCUT2D eigenvalue weighted by molar-refractivity contribution is 6.32. The Morgan fingerprint density at radius 1 is 1.56 bits per heavy atom. The number of halogens is 1. The lowest BCUT2D eigenvalue weighted by Gasteiger charge is -2.07. The van der Waals surface area contributed by atoms with Crippen LogP contribution in [0.15, 0.2) is 18.2 Å². The molecule has 0 radical (unpaired) electrons. The van der Waals surface area contributed by atoms with Crippen LogP contribution in [0.2, 0.25) is 5.02 Å². The number of ketones is 1. The Hall–Kier alpha value is -1.53. The average molecular weight is 236 g/mol. The van der Waals surface area contributed by atoms with Gasteiger partial charge in [0.2, 0.25) is 0 Å². The maximum Gasteiger partial charge on any atom is 0.183 e. The molecule has 16 heavy (non-hydrogen) atoms. The van der Waals surface area contributed by atoms with Gasteiger partial charge in [-0.2, -0.15) is 5.26 Å². The second-order valence-corrected chi connectivity index (χ2v) is 4.28. The van der Waals surface area contributed by atoms with Crippen molar-refractivity contribution in [2.45, 2.75) is 12.8 Å². The van der Waals surface area contributed by atoms with Crippen molar-refractivity contribution in [3.63, 3.8) is 0 Å². The summed E-state index contributed by atoms with van der Waals surface area (Å²) in [5, 5.41) is 9.32. The van der Waals surface area contributed by atoms with Crippen molar-refractivity contribution in [3.05, 3.63) is 28.8 Å². The van der Waals surface area contributed by atoms with Crippen LogP contribution in [0.3, 0.4) is 0 Å². The van der Waals surface area contributed by atoms with Crippen molar-refractivity contribution >= 4 is 17.4 Å². The number of carbonyl (C=O) groups is 1. The van der Waals surface area contributed by atoms with Gasteiger partial charge >= 0.3 is 0 Å². The van der Waals surface area contributed by atoms with Crippen LogP contribution in [-0.2, 0) is 0 Å². The van der Waals surface area contributed by atoms with Crippen LogP contribution in [0, 0.1) is 16.7 Å². The van der Waals surface area contributed by atoms with Crippen LogP contribution in [-0.4, -0.2) is 12.9 Å². The molecule has 0 spiro atoms. The molecule has 0 saturated heterocycles. The Labute approximate surface area is 98.6 Å². The predicted molar refractivity (Wildman–Crippen MR) is 59.6 cm³/mol. The third kappa shape index (κ3) is 1.66. The normalized spacial score (nSPS) is 16.3. The van der Waals surface area contributed by atoms with E-state index in [1.165, 1.54) is 7.11 Å². The van der Waals surface area contributed by atoms with Gasteiger partial charge in [-0.25, -0.2) is 0 Å². The number of hydrogen-bond donors (Lipinski definition) is 0. The summed E-state index contributed by atoms with van der Waals surface area (Å²) in [6.07, 6.45) is 1.29. The van der Waals surface area contributed by atoms with Crippen LogP contribution in [0.4, 0.5) is 0 Å². The molecule has 1 fully saturated rings. The van der Waals surface area contributed by atoms with Gasteiger partial charge in [-0.15, -0.1) is 0 Å². The number of carbonyl (C=O) groups excluding carboxylic acids is 1. The van der Waals surface area contributed by atoms with Crippen molar-refractivity contribution in [3.8, 4) is 11.8 Å². The minimum Gasteiger partial charge on any atom is -0.495 e. The highest BCUT2D eigenvalue weighted by Gasteiger charge is 2.50. The number of nitrogens with zero attached hydrogens (tertiary/aromatic N) is 1. The number of hydrogen-bond acceptors (Lipinski definition) is 3. The van der Waals surface area contributed by atoms with Gasteiger partial charge in [0.25, 0.3) is 0 Å². The molecule has 0 aromatic heterocycles. The van der Waals surface area contributed by atoms with E-state index in [1.54, 1.807) is 18.2 Å². The molecular weight excluding hydrogens is 226 g/mol. The van der Waals surface area contributed by atoms with E-state index < -0.39 is 5.41 Å². The van der Waals surface area contributed by atoms with E-state index in [9.17, 15) is 4.79 Å². The second kappa shape index (κ2) is 3.80. The topological polar surface area (TPSA) is 50.1 Å². The van der Waals surface area contributed by atoms with Gasteiger partial charge in [0.05, 0.1) is 18.2 Å². The largest absolute Gasteiger partial charge is 0.495 e. The summed E-state index contributed by atoms with van der Waals surface area (Å²) in [6.45, 7) is 0. The summed E-state index contributed by atoms with van der Waals surface area (Å²) in [5.41, 5.74) is -0.317. The van der Waals surface area contributed by atoms with Gasteiger partial charge in [-0.3, -0.25) is 4.79 Å². The number of ether oxygens (including phenoxy) is 1. The Morgan fingerprint density at radius 2 is 2.25 bits per heavy atom. The van der Waals surface area contributed by atoms with Crippen LogP contribution in [0.25, 0.3) is 0 Å². The monoisotopic (exact) mass is 235 g/mol. The van der Waals surface area contributed by atoms with Crippen molar-refractivity contribution in [1.82, 2.24) is 0 Å². The Balaban J connectivity index is 2.33. The fourth-order valence-corrected chi connectivity index (χ4v) is 1.86. The van der Waals surface area contributed by atoms with Crippen LogP contribution in [0.5, 0.6) is 5.75 Å². The highest BCUT2D eigenvalue weighted by atomic mass is 35.5. The quantitative estimate of drug-likeness (QED) is 0.757. The molecule has 0 unspecified atom stereocenters. The minimum absolute atomic E-state index is 0.139. The van der Waals surface area contributed by atoms with E-state index in [1.807, 2.05) is 0 Å². The molecule has 0 atom stereocenters. The van der Waals surface area contributed by atoms with E-state index in [-0.39, 0.29) is 5.78 Å². The molecule has 4 heteroatoms. The molecule has 1 saturated carbocycles. The summed E-state index contributed by atoms with van der Waals surface area (Å²) >= 11 is 5.93. The third-order valence-electron chi connectivity index (χ3n) is 2.81. The first-order chi connectivity index (χ1) is 7.63. The number of nitriles is 1. The second-order valence-electron chi connectivity index (χ2n) is 3.87. The third-order valence-corrected chi connectivity index (χ3v) is 3.11. The lowest BCUT2D eigenvalue weighted by Crippen LogP contribution is -2.13. The summed E-state index contributed by atoms with van der Waals surface area (Å²) in [4.78, 5) is 12.0. The number of methoxy groups -OCH3 is 1. The van der Waals surface area contributed by atoms with Crippen LogP contribution >= 0.6 is 11.6 Å². The van der Waals surface area contributed by atoms with Gasteiger partial charge in [-0.05, 0) is 31.0 Å². The number of Topliss-reactive ketones (excluding diaryl/α,β-unsaturated/α-hetero) is 1. The molecule has 0 amide bonds. The van der Waals surface area contributed by atoms with Crippen molar-refractivity contribution in [2.24, 2.45) is 5.41 Å². The molecule has 0 aliphatic heterocycles. The van der Waals surface area contributed by atoms with Crippen molar-refractivity contribution < 1.29 is 9.53 Å². The zero-order valence-electron chi connectivity index (χ0n) is 8.79. The standard InChI is InChI=1S/C12H10ClNO2/c1-16-10-3-2-8(6-9(10)13)11(15)12(7-14)4-5-12/h2-3,6H,4-5H2,1H3. The molecule has 1 aliphatic rings. The molecule has 2 rings (SSSR count). The summed E-state index contributed by atoms with van der Waals surface area (Å²) in [7, 11) is 1.51. The minimum atomic E-state index is -0.794. The zero-order valence-corrected chi connectivity index (χ0v) is 9.54. The van der Waals surface area contributed by atoms with E-state index in [0.717, 1.165) is 0 Å². The van der Waals surface area contributed by atoms with Crippen LogP contribution < -0.4 is 4.74 Å². The Morgan fingerprint density at radius 3 is 2.69 bits per heavy atom. The maximum atomic E-state index is 12.0. The molecule has 0 bridgehead atoms. The molecule has 1 aliphatic carbocycles. The van der Waals surface area contributed by atoms with Gasteiger partial charge in [0, 0.05) is 5.56 Å². The van der Waals surface area contributed by atoms with E-state index >= 15 is 0 Å². The highest BCUT2D eigenvalue weighted by Crippen LogP contribution is 2.47.